The van der Waals surface area contributed by atoms with Gasteiger partial charge in [0.05, 0.1) is 52.1 Å². The Labute approximate surface area is 265 Å². The molecule has 2 aromatic carbocycles. The summed E-state index contributed by atoms with van der Waals surface area (Å²) in [5.41, 5.74) is 6.57. The molecule has 3 heterocycles. The fourth-order valence-electron chi connectivity index (χ4n) is 5.22. The number of hydrogen-bond donors (Lipinski definition) is 1. The number of aromatic nitrogens is 4. The first-order valence-corrected chi connectivity index (χ1v) is 15.3. The molecule has 5 rings (SSSR count). The van der Waals surface area contributed by atoms with Crippen molar-refractivity contribution >= 4 is 55.6 Å². The van der Waals surface area contributed by atoms with Crippen molar-refractivity contribution < 1.29 is 19.4 Å². The molecule has 1 N–H and O–H groups in total. The Morgan fingerprint density at radius 2 is 1.89 bits per heavy atom. The van der Waals surface area contributed by atoms with Crippen molar-refractivity contribution in [2.45, 2.75) is 53.2 Å². The van der Waals surface area contributed by atoms with Crippen molar-refractivity contribution in [2.75, 3.05) is 7.11 Å². The molecular formula is C34H35ClN4O4S. The minimum Gasteiger partial charge on any atom is -0.494 e. The number of nitrogens with zero attached hydrogens (tertiary/aromatic N) is 4. The second kappa shape index (κ2) is 12.1. The number of carboxylic acid groups (broad SMARTS) is 1. The number of fused-ring (bicyclic) bond motifs is 2. The van der Waals surface area contributed by atoms with Crippen LogP contribution in [0.25, 0.3) is 48.5 Å². The molecule has 3 aromatic heterocycles. The van der Waals surface area contributed by atoms with Gasteiger partial charge in [-0.15, -0.1) is 11.3 Å². The van der Waals surface area contributed by atoms with Gasteiger partial charge in [-0.05, 0) is 83.0 Å². The summed E-state index contributed by atoms with van der Waals surface area (Å²) >= 11 is 7.65. The molecule has 0 aliphatic rings. The SMILES string of the molecule is COc1cnc(-c2ccc3c(cnn3C)c2)cc1-c1nc2cc(C)c(C(OC(C)(C)C)C(=O)O)c(C(C)=CC=C(C)Cl)c2s1. The van der Waals surface area contributed by atoms with Crippen LogP contribution in [-0.2, 0) is 16.6 Å². The maximum atomic E-state index is 12.7. The Morgan fingerprint density at radius 1 is 1.14 bits per heavy atom. The molecule has 0 aliphatic heterocycles. The van der Waals surface area contributed by atoms with Crippen LogP contribution in [-0.4, -0.2) is 43.5 Å². The largest absolute Gasteiger partial charge is 0.494 e. The van der Waals surface area contributed by atoms with Crippen LogP contribution in [0, 0.1) is 6.92 Å². The number of thiazole rings is 1. The van der Waals surface area contributed by atoms with E-state index in [1.807, 2.05) is 82.9 Å². The molecule has 0 amide bonds. The van der Waals surface area contributed by atoms with Crippen LogP contribution in [0.4, 0.5) is 0 Å². The summed E-state index contributed by atoms with van der Waals surface area (Å²) in [4.78, 5) is 22.4. The van der Waals surface area contributed by atoms with Crippen molar-refractivity contribution in [2.24, 2.45) is 7.05 Å². The normalized spacial score (nSPS) is 13.6. The average Bonchev–Trinajstić information content (AvgIpc) is 3.55. The smallest absolute Gasteiger partial charge is 0.337 e. The quantitative estimate of drug-likeness (QED) is 0.171. The zero-order chi connectivity index (χ0) is 31.9. The Balaban J connectivity index is 1.74. The maximum Gasteiger partial charge on any atom is 0.337 e. The summed E-state index contributed by atoms with van der Waals surface area (Å²) < 4.78 is 14.6. The lowest BCUT2D eigenvalue weighted by molar-refractivity contribution is -0.160. The van der Waals surface area contributed by atoms with Crippen molar-refractivity contribution in [3.63, 3.8) is 0 Å². The lowest BCUT2D eigenvalue weighted by Crippen LogP contribution is -2.28. The first-order valence-electron chi connectivity index (χ1n) is 14.1. The van der Waals surface area contributed by atoms with Crippen LogP contribution in [0.3, 0.4) is 0 Å². The van der Waals surface area contributed by atoms with E-state index in [2.05, 4.69) is 16.1 Å². The number of pyridine rings is 1. The highest BCUT2D eigenvalue weighted by Crippen LogP contribution is 2.44. The minimum absolute atomic E-state index is 0.584. The summed E-state index contributed by atoms with van der Waals surface area (Å²) in [6, 6.07) is 10.0. The number of hydrogen-bond acceptors (Lipinski definition) is 7. The Hall–Kier alpha value is -4.05. The Kier molecular flexibility index (Phi) is 8.66. The van der Waals surface area contributed by atoms with Crippen LogP contribution >= 0.6 is 22.9 Å². The van der Waals surface area contributed by atoms with E-state index in [4.69, 9.17) is 26.1 Å². The molecule has 5 aromatic rings. The highest BCUT2D eigenvalue weighted by molar-refractivity contribution is 7.22. The van der Waals surface area contributed by atoms with E-state index >= 15 is 0 Å². The van der Waals surface area contributed by atoms with Crippen LogP contribution in [0.5, 0.6) is 5.75 Å². The van der Waals surface area contributed by atoms with Crippen LogP contribution in [0.2, 0.25) is 0 Å². The van der Waals surface area contributed by atoms with Crippen LogP contribution in [0.1, 0.15) is 57.4 Å². The molecule has 1 unspecified atom stereocenters. The van der Waals surface area contributed by atoms with Gasteiger partial charge in [-0.2, -0.15) is 5.10 Å². The summed E-state index contributed by atoms with van der Waals surface area (Å²) in [5.74, 6) is -0.475. The molecule has 0 saturated heterocycles. The van der Waals surface area contributed by atoms with Gasteiger partial charge in [-0.25, -0.2) is 9.78 Å². The number of allylic oxidation sites excluding steroid dienone is 4. The van der Waals surface area contributed by atoms with E-state index in [-0.39, 0.29) is 0 Å². The van der Waals surface area contributed by atoms with E-state index in [0.29, 0.717) is 16.3 Å². The van der Waals surface area contributed by atoms with E-state index < -0.39 is 17.7 Å². The van der Waals surface area contributed by atoms with Gasteiger partial charge in [0, 0.05) is 34.2 Å². The molecule has 10 heteroatoms. The lowest BCUT2D eigenvalue weighted by Gasteiger charge is -2.28. The number of benzene rings is 2. The molecule has 0 saturated carbocycles. The fourth-order valence-corrected chi connectivity index (χ4v) is 6.47. The molecule has 228 valence electrons. The van der Waals surface area contributed by atoms with Gasteiger partial charge in [0.25, 0.3) is 0 Å². The van der Waals surface area contributed by atoms with Gasteiger partial charge in [0.15, 0.2) is 6.10 Å². The minimum atomic E-state index is -1.19. The van der Waals surface area contributed by atoms with Crippen molar-refractivity contribution in [3.05, 3.63) is 76.6 Å². The predicted octanol–water partition coefficient (Wildman–Crippen LogP) is 8.72. The molecule has 0 fully saturated rings. The Morgan fingerprint density at radius 3 is 2.55 bits per heavy atom. The van der Waals surface area contributed by atoms with Gasteiger partial charge in [-0.1, -0.05) is 23.7 Å². The molecular weight excluding hydrogens is 596 g/mol. The molecule has 44 heavy (non-hydrogen) atoms. The van der Waals surface area contributed by atoms with E-state index in [9.17, 15) is 9.90 Å². The molecule has 0 aliphatic carbocycles. The molecule has 0 bridgehead atoms. The van der Waals surface area contributed by atoms with E-state index in [0.717, 1.165) is 59.6 Å². The third-order valence-corrected chi connectivity index (χ3v) is 8.45. The molecule has 8 nitrogen and oxygen atoms in total. The number of carbonyl (C=O) groups is 1. The van der Waals surface area contributed by atoms with Gasteiger partial charge < -0.3 is 14.6 Å². The maximum absolute atomic E-state index is 12.7. The summed E-state index contributed by atoms with van der Waals surface area (Å²) in [6.07, 6.45) is 6.05. The topological polar surface area (TPSA) is 99.4 Å². The number of carboxylic acids is 1. The van der Waals surface area contributed by atoms with Gasteiger partial charge in [0.2, 0.25) is 0 Å². The van der Waals surface area contributed by atoms with Crippen molar-refractivity contribution in [1.29, 1.82) is 0 Å². The second-order valence-corrected chi connectivity index (χ2v) is 13.3. The standard InChI is InChI=1S/C34H35ClN4O4S/c1-18(9-10-20(3)35)29-28(30(33(40)41)43-34(4,5)6)19(2)13-25-31(29)44-32(38-25)23-15-24(36-17-27(23)42-8)21-11-12-26-22(14-21)16-37-39(26)7/h9-17,30H,1-8H3,(H,40,41). The van der Waals surface area contributed by atoms with Crippen molar-refractivity contribution in [1.82, 2.24) is 19.7 Å². The van der Waals surface area contributed by atoms with Crippen LogP contribution in [0.15, 0.2) is 59.9 Å². The zero-order valence-electron chi connectivity index (χ0n) is 26.0. The Bertz CT molecular complexity index is 1960. The summed E-state index contributed by atoms with van der Waals surface area (Å²) in [5, 5.41) is 17.1. The lowest BCUT2D eigenvalue weighted by atomic mass is 9.91. The molecule has 0 spiro atoms. The summed E-state index contributed by atoms with van der Waals surface area (Å²) in [7, 11) is 3.52. The van der Waals surface area contributed by atoms with E-state index in [1.165, 1.54) is 11.3 Å². The molecule has 0 radical (unpaired) electrons. The fraction of sp³-hybridized carbons (Fsp3) is 0.294. The number of ether oxygens (including phenoxy) is 2. The second-order valence-electron chi connectivity index (χ2n) is 11.7. The average molecular weight is 631 g/mol. The molecule has 1 atom stereocenters. The number of aliphatic carboxylic acids is 1. The van der Waals surface area contributed by atoms with Crippen LogP contribution < -0.4 is 4.74 Å². The third-order valence-electron chi connectivity index (χ3n) is 7.20. The van der Waals surface area contributed by atoms with E-state index in [1.54, 1.807) is 26.3 Å². The zero-order valence-corrected chi connectivity index (χ0v) is 27.6. The third kappa shape index (κ3) is 6.26. The van der Waals surface area contributed by atoms with Gasteiger partial charge in [0.1, 0.15) is 10.8 Å². The number of methoxy groups -OCH3 is 1. The first-order chi connectivity index (χ1) is 20.8. The number of aryl methyl sites for hydroxylation is 2. The number of halogens is 1. The van der Waals surface area contributed by atoms with Crippen molar-refractivity contribution in [3.8, 4) is 27.6 Å². The van der Waals surface area contributed by atoms with Gasteiger partial charge in [-0.3, -0.25) is 9.67 Å². The summed E-state index contributed by atoms with van der Waals surface area (Å²) in [6.45, 7) is 11.2. The number of rotatable bonds is 8. The highest BCUT2D eigenvalue weighted by Gasteiger charge is 2.32. The predicted molar refractivity (Wildman–Crippen MR) is 178 cm³/mol. The monoisotopic (exact) mass is 630 g/mol. The highest BCUT2D eigenvalue weighted by atomic mass is 35.5. The van der Waals surface area contributed by atoms with Gasteiger partial charge >= 0.3 is 5.97 Å². The first kappa shape index (κ1) is 31.4.